The van der Waals surface area contributed by atoms with E-state index in [0.717, 1.165) is 23.6 Å². The molecule has 2 aromatic carbocycles. The predicted molar refractivity (Wildman–Crippen MR) is 112 cm³/mol. The highest BCUT2D eigenvalue weighted by Gasteiger charge is 2.09. The lowest BCUT2D eigenvalue weighted by Gasteiger charge is -2.13. The average Bonchev–Trinajstić information content (AvgIpc) is 2.60. The Morgan fingerprint density at radius 1 is 0.885 bits per heavy atom. The van der Waals surface area contributed by atoms with Crippen LogP contribution in [0.4, 0.5) is 5.69 Å². The summed E-state index contributed by atoms with van der Waals surface area (Å²) in [6, 6.07) is 19.4. The Morgan fingerprint density at radius 2 is 1.54 bits per heavy atom. The van der Waals surface area contributed by atoms with Gasteiger partial charge in [-0.05, 0) is 67.6 Å². The molecule has 3 aromatic rings. The van der Waals surface area contributed by atoms with Crippen LogP contribution >= 0.6 is 0 Å². The molecular weight excluding hydrogens is 316 g/mol. The molecule has 1 N–H and O–H groups in total. The fraction of sp³-hybridized carbons (Fsp3) is 0.292. The third-order valence-corrected chi connectivity index (χ3v) is 4.79. The third-order valence-electron chi connectivity index (χ3n) is 4.79. The molecule has 1 heterocycles. The minimum atomic E-state index is 0.559. The van der Waals surface area contributed by atoms with E-state index in [1.165, 1.54) is 27.8 Å². The summed E-state index contributed by atoms with van der Waals surface area (Å²) in [7, 11) is 0. The molecule has 0 unspecified atom stereocenters. The molecule has 0 saturated heterocycles. The number of anilines is 1. The smallest absolute Gasteiger partial charge is 0.0711 e. The molecule has 1 aromatic heterocycles. The second-order valence-electron chi connectivity index (χ2n) is 7.42. The number of hydrogen-bond donors (Lipinski definition) is 1. The van der Waals surface area contributed by atoms with Gasteiger partial charge in [-0.25, -0.2) is 0 Å². The van der Waals surface area contributed by atoms with Gasteiger partial charge in [-0.1, -0.05) is 49.7 Å². The second-order valence-corrected chi connectivity index (χ2v) is 7.42. The molecule has 134 valence electrons. The van der Waals surface area contributed by atoms with E-state index in [2.05, 4.69) is 94.5 Å². The first-order valence-electron chi connectivity index (χ1n) is 9.32. The standard InChI is InChI=1S/C24H28N2/c1-16(2)20-9-11-21(12-10-20)25-15-22-7-6-8-23(26-22)24-18(4)13-17(3)14-19(24)5/h6-14,16,25H,15H2,1-5H3. The highest BCUT2D eigenvalue weighted by molar-refractivity contribution is 5.68. The topological polar surface area (TPSA) is 24.9 Å². The Hall–Kier alpha value is -2.61. The Morgan fingerprint density at radius 3 is 2.15 bits per heavy atom. The van der Waals surface area contributed by atoms with Crippen LogP contribution in [-0.2, 0) is 6.54 Å². The molecule has 0 aliphatic carbocycles. The van der Waals surface area contributed by atoms with Gasteiger partial charge >= 0.3 is 0 Å². The van der Waals surface area contributed by atoms with Gasteiger partial charge in [0, 0.05) is 11.3 Å². The van der Waals surface area contributed by atoms with Crippen LogP contribution in [0, 0.1) is 20.8 Å². The average molecular weight is 345 g/mol. The second kappa shape index (κ2) is 7.74. The molecule has 0 radical (unpaired) electrons. The molecular formula is C24H28N2. The van der Waals surface area contributed by atoms with Crippen molar-refractivity contribution >= 4 is 5.69 Å². The first-order valence-corrected chi connectivity index (χ1v) is 9.32. The molecule has 26 heavy (non-hydrogen) atoms. The molecule has 0 bridgehead atoms. The zero-order valence-corrected chi connectivity index (χ0v) is 16.4. The summed E-state index contributed by atoms with van der Waals surface area (Å²) in [5.41, 5.74) is 9.70. The van der Waals surface area contributed by atoms with Crippen molar-refractivity contribution in [3.05, 3.63) is 82.5 Å². The van der Waals surface area contributed by atoms with E-state index in [0.29, 0.717) is 5.92 Å². The summed E-state index contributed by atoms with van der Waals surface area (Å²) in [6.07, 6.45) is 0. The minimum Gasteiger partial charge on any atom is -0.379 e. The summed E-state index contributed by atoms with van der Waals surface area (Å²) in [4.78, 5) is 4.89. The van der Waals surface area contributed by atoms with Crippen LogP contribution in [0.3, 0.4) is 0 Å². The molecule has 0 fully saturated rings. The van der Waals surface area contributed by atoms with Crippen LogP contribution in [-0.4, -0.2) is 4.98 Å². The van der Waals surface area contributed by atoms with Crippen LogP contribution in [0.25, 0.3) is 11.3 Å². The summed E-state index contributed by atoms with van der Waals surface area (Å²) in [5, 5.41) is 3.48. The zero-order valence-electron chi connectivity index (χ0n) is 16.4. The number of hydrogen-bond acceptors (Lipinski definition) is 2. The number of aryl methyl sites for hydroxylation is 3. The number of benzene rings is 2. The lowest BCUT2D eigenvalue weighted by Crippen LogP contribution is -2.03. The van der Waals surface area contributed by atoms with Crippen LogP contribution in [0.5, 0.6) is 0 Å². The Kier molecular flexibility index (Phi) is 5.41. The van der Waals surface area contributed by atoms with E-state index in [4.69, 9.17) is 4.98 Å². The largest absolute Gasteiger partial charge is 0.379 e. The third kappa shape index (κ3) is 4.13. The van der Waals surface area contributed by atoms with Gasteiger partial charge in [-0.3, -0.25) is 4.98 Å². The van der Waals surface area contributed by atoms with Crippen molar-refractivity contribution in [3.63, 3.8) is 0 Å². The predicted octanol–water partition coefficient (Wildman–Crippen LogP) is 6.41. The minimum absolute atomic E-state index is 0.559. The maximum atomic E-state index is 4.89. The van der Waals surface area contributed by atoms with Crippen molar-refractivity contribution in [2.45, 2.75) is 47.1 Å². The van der Waals surface area contributed by atoms with Gasteiger partial charge in [-0.2, -0.15) is 0 Å². The van der Waals surface area contributed by atoms with Crippen molar-refractivity contribution < 1.29 is 0 Å². The molecule has 0 amide bonds. The zero-order chi connectivity index (χ0) is 18.7. The van der Waals surface area contributed by atoms with E-state index in [1.807, 2.05) is 0 Å². The van der Waals surface area contributed by atoms with Crippen molar-refractivity contribution in [1.82, 2.24) is 4.98 Å². The number of nitrogens with zero attached hydrogens (tertiary/aromatic N) is 1. The van der Waals surface area contributed by atoms with E-state index in [1.54, 1.807) is 0 Å². The van der Waals surface area contributed by atoms with Crippen molar-refractivity contribution in [3.8, 4) is 11.3 Å². The highest BCUT2D eigenvalue weighted by Crippen LogP contribution is 2.27. The summed E-state index contributed by atoms with van der Waals surface area (Å²) in [5.74, 6) is 0.559. The molecule has 0 aliphatic heterocycles. The first-order chi connectivity index (χ1) is 12.4. The van der Waals surface area contributed by atoms with Gasteiger partial charge in [-0.15, -0.1) is 0 Å². The van der Waals surface area contributed by atoms with E-state index < -0.39 is 0 Å². The number of aromatic nitrogens is 1. The van der Waals surface area contributed by atoms with Crippen molar-refractivity contribution in [2.75, 3.05) is 5.32 Å². The number of rotatable bonds is 5. The fourth-order valence-electron chi connectivity index (χ4n) is 3.48. The normalized spacial score (nSPS) is 11.0. The van der Waals surface area contributed by atoms with Gasteiger partial charge < -0.3 is 5.32 Å². The fourth-order valence-corrected chi connectivity index (χ4v) is 3.48. The van der Waals surface area contributed by atoms with E-state index in [-0.39, 0.29) is 0 Å². The lowest BCUT2D eigenvalue weighted by molar-refractivity contribution is 0.866. The molecule has 3 rings (SSSR count). The summed E-state index contributed by atoms with van der Waals surface area (Å²) < 4.78 is 0. The van der Waals surface area contributed by atoms with Gasteiger partial charge in [0.25, 0.3) is 0 Å². The van der Waals surface area contributed by atoms with Crippen LogP contribution in [0.15, 0.2) is 54.6 Å². The van der Waals surface area contributed by atoms with Gasteiger partial charge in [0.1, 0.15) is 0 Å². The Balaban J connectivity index is 1.78. The SMILES string of the molecule is Cc1cc(C)c(-c2cccc(CNc3ccc(C(C)C)cc3)n2)c(C)c1. The lowest BCUT2D eigenvalue weighted by atomic mass is 9.97. The quantitative estimate of drug-likeness (QED) is 0.578. The number of nitrogens with one attached hydrogen (secondary N) is 1. The monoisotopic (exact) mass is 344 g/mol. The van der Waals surface area contributed by atoms with Crippen molar-refractivity contribution in [2.24, 2.45) is 0 Å². The Bertz CT molecular complexity index is 869. The van der Waals surface area contributed by atoms with Gasteiger partial charge in [0.2, 0.25) is 0 Å². The van der Waals surface area contributed by atoms with E-state index in [9.17, 15) is 0 Å². The van der Waals surface area contributed by atoms with Crippen LogP contribution < -0.4 is 5.32 Å². The summed E-state index contributed by atoms with van der Waals surface area (Å²) >= 11 is 0. The molecule has 2 nitrogen and oxygen atoms in total. The molecule has 2 heteroatoms. The van der Waals surface area contributed by atoms with Crippen LogP contribution in [0.2, 0.25) is 0 Å². The van der Waals surface area contributed by atoms with Gasteiger partial charge in [0.15, 0.2) is 0 Å². The van der Waals surface area contributed by atoms with Crippen LogP contribution in [0.1, 0.15) is 47.7 Å². The summed E-state index contributed by atoms with van der Waals surface area (Å²) in [6.45, 7) is 11.6. The molecule has 0 aliphatic rings. The van der Waals surface area contributed by atoms with Gasteiger partial charge in [0.05, 0.1) is 17.9 Å². The molecule has 0 spiro atoms. The first kappa shape index (κ1) is 18.2. The molecule has 0 saturated carbocycles. The maximum absolute atomic E-state index is 4.89. The number of pyridine rings is 1. The molecule has 0 atom stereocenters. The van der Waals surface area contributed by atoms with E-state index >= 15 is 0 Å². The Labute approximate surface area is 157 Å². The van der Waals surface area contributed by atoms with Crippen molar-refractivity contribution in [1.29, 1.82) is 0 Å². The highest BCUT2D eigenvalue weighted by atomic mass is 14.9. The maximum Gasteiger partial charge on any atom is 0.0711 e.